The van der Waals surface area contributed by atoms with Crippen molar-refractivity contribution in [3.63, 3.8) is 0 Å². The molecule has 0 saturated carbocycles. The summed E-state index contributed by atoms with van der Waals surface area (Å²) >= 11 is 0. The molecule has 0 spiro atoms. The van der Waals surface area contributed by atoms with E-state index >= 15 is 0 Å². The number of Topliss-reactive ketones (excluding diaryl/α,β-unsaturated/α-hetero) is 1. The lowest BCUT2D eigenvalue weighted by Gasteiger charge is -2.39. The number of carbonyl (C=O) groups is 2. The van der Waals surface area contributed by atoms with Crippen LogP contribution in [0.4, 0.5) is 0 Å². The van der Waals surface area contributed by atoms with E-state index in [0.717, 1.165) is 29.1 Å². The zero-order valence-electron chi connectivity index (χ0n) is 21.1. The first-order valence-corrected chi connectivity index (χ1v) is 12.3. The molecule has 1 unspecified atom stereocenters. The summed E-state index contributed by atoms with van der Waals surface area (Å²) in [4.78, 5) is 27.0. The van der Waals surface area contributed by atoms with Crippen molar-refractivity contribution in [3.8, 4) is 5.69 Å². The number of dihydropyridines is 1. The van der Waals surface area contributed by atoms with Gasteiger partial charge in [-0.1, -0.05) is 67.1 Å². The molecule has 7 nitrogen and oxygen atoms in total. The summed E-state index contributed by atoms with van der Waals surface area (Å²) in [6.07, 6.45) is 3.05. The predicted molar refractivity (Wildman–Crippen MR) is 138 cm³/mol. The van der Waals surface area contributed by atoms with E-state index in [9.17, 15) is 9.59 Å². The van der Waals surface area contributed by atoms with Crippen LogP contribution in [0.2, 0.25) is 0 Å². The molecule has 1 aliphatic carbocycles. The minimum Gasteiger partial charge on any atom is -0.362 e. The molecule has 0 radical (unpaired) electrons. The Morgan fingerprint density at radius 1 is 1.08 bits per heavy atom. The molecule has 5 rings (SSSR count). The van der Waals surface area contributed by atoms with Crippen LogP contribution in [0.15, 0.2) is 83.3 Å². The molecule has 0 saturated heterocycles. The number of rotatable bonds is 5. The molecule has 1 amide bonds. The van der Waals surface area contributed by atoms with E-state index in [2.05, 4.69) is 34.8 Å². The Labute approximate surface area is 211 Å². The van der Waals surface area contributed by atoms with Gasteiger partial charge in [0.05, 0.1) is 18.4 Å². The highest BCUT2D eigenvalue weighted by atomic mass is 16.2. The van der Waals surface area contributed by atoms with Crippen molar-refractivity contribution in [2.24, 2.45) is 5.41 Å². The van der Waals surface area contributed by atoms with Gasteiger partial charge >= 0.3 is 0 Å². The number of amides is 1. The first kappa shape index (κ1) is 23.7. The van der Waals surface area contributed by atoms with E-state index in [0.29, 0.717) is 23.3 Å². The van der Waals surface area contributed by atoms with Gasteiger partial charge in [0.25, 0.3) is 0 Å². The lowest BCUT2D eigenvalue weighted by Crippen LogP contribution is -2.40. The van der Waals surface area contributed by atoms with Crippen LogP contribution >= 0.6 is 0 Å². The molecular formula is C29H31N5O2. The van der Waals surface area contributed by atoms with Crippen LogP contribution in [-0.4, -0.2) is 26.7 Å². The number of hydrogen-bond acceptors (Lipinski definition) is 5. The summed E-state index contributed by atoms with van der Waals surface area (Å²) in [5.74, 6) is -0.529. The van der Waals surface area contributed by atoms with Crippen molar-refractivity contribution in [1.29, 1.82) is 0 Å². The Balaban J connectivity index is 1.41. The Kier molecular flexibility index (Phi) is 6.08. The third-order valence-electron chi connectivity index (χ3n) is 6.89. The van der Waals surface area contributed by atoms with Gasteiger partial charge in [-0.2, -0.15) is 0 Å². The topological polar surface area (TPSA) is 88.9 Å². The fourth-order valence-corrected chi connectivity index (χ4v) is 5.19. The Morgan fingerprint density at radius 2 is 1.81 bits per heavy atom. The van der Waals surface area contributed by atoms with E-state index in [1.54, 1.807) is 4.68 Å². The first-order valence-electron chi connectivity index (χ1n) is 12.3. The van der Waals surface area contributed by atoms with Gasteiger partial charge in [0.2, 0.25) is 5.91 Å². The lowest BCUT2D eigenvalue weighted by molar-refractivity contribution is -0.118. The number of nitrogens with zero attached hydrogens (tertiary/aromatic N) is 3. The zero-order chi connectivity index (χ0) is 25.4. The number of hydrogen-bond donors (Lipinski definition) is 2. The largest absolute Gasteiger partial charge is 0.362 e. The van der Waals surface area contributed by atoms with Crippen LogP contribution in [0.25, 0.3) is 5.69 Å². The lowest BCUT2D eigenvalue weighted by atomic mass is 9.68. The second-order valence-corrected chi connectivity index (χ2v) is 10.5. The normalized spacial score (nSPS) is 19.1. The second-order valence-electron chi connectivity index (χ2n) is 10.5. The predicted octanol–water partition coefficient (Wildman–Crippen LogP) is 4.50. The number of aryl methyl sites for hydroxylation is 1. The van der Waals surface area contributed by atoms with Gasteiger partial charge < -0.3 is 10.6 Å². The summed E-state index contributed by atoms with van der Waals surface area (Å²) in [5, 5.41) is 14.8. The van der Waals surface area contributed by atoms with Crippen LogP contribution in [0.3, 0.4) is 0 Å². The van der Waals surface area contributed by atoms with Crippen molar-refractivity contribution in [2.45, 2.75) is 53.0 Å². The molecule has 0 bridgehead atoms. The van der Waals surface area contributed by atoms with Gasteiger partial charge in [-0.15, -0.1) is 5.10 Å². The molecular weight excluding hydrogens is 450 g/mol. The highest BCUT2D eigenvalue weighted by Gasteiger charge is 2.42. The number of nitrogens with one attached hydrogen (secondary N) is 2. The number of benzene rings is 2. The number of aromatic nitrogens is 3. The monoisotopic (exact) mass is 481 g/mol. The Hall–Kier alpha value is -4.00. The van der Waals surface area contributed by atoms with Gasteiger partial charge in [-0.25, -0.2) is 4.68 Å². The maximum absolute atomic E-state index is 13.6. The second kappa shape index (κ2) is 9.22. The molecule has 1 aliphatic heterocycles. The summed E-state index contributed by atoms with van der Waals surface area (Å²) < 4.78 is 1.69. The summed E-state index contributed by atoms with van der Waals surface area (Å²) in [7, 11) is 0. The molecule has 1 aromatic heterocycles. The van der Waals surface area contributed by atoms with Crippen molar-refractivity contribution in [2.75, 3.05) is 0 Å². The molecule has 7 heteroatoms. The van der Waals surface area contributed by atoms with Crippen molar-refractivity contribution in [3.05, 3.63) is 100 Å². The van der Waals surface area contributed by atoms with Crippen molar-refractivity contribution in [1.82, 2.24) is 25.6 Å². The highest BCUT2D eigenvalue weighted by Crippen LogP contribution is 2.46. The van der Waals surface area contributed by atoms with Gasteiger partial charge in [0.15, 0.2) is 5.78 Å². The van der Waals surface area contributed by atoms with E-state index < -0.39 is 5.92 Å². The average Bonchev–Trinajstić information content (AvgIpc) is 3.31. The van der Waals surface area contributed by atoms with E-state index in [1.165, 1.54) is 5.56 Å². The van der Waals surface area contributed by atoms with Gasteiger partial charge in [-0.05, 0) is 43.4 Å². The molecule has 0 fully saturated rings. The molecule has 2 heterocycles. The highest BCUT2D eigenvalue weighted by molar-refractivity contribution is 6.05. The number of allylic oxidation sites excluding steroid dienone is 3. The molecule has 2 aliphatic rings. The van der Waals surface area contributed by atoms with Crippen LogP contribution < -0.4 is 10.6 Å². The Morgan fingerprint density at radius 3 is 2.53 bits per heavy atom. The van der Waals surface area contributed by atoms with Crippen molar-refractivity contribution >= 4 is 11.7 Å². The van der Waals surface area contributed by atoms with Gasteiger partial charge in [0, 0.05) is 34.9 Å². The smallest absolute Gasteiger partial charge is 0.250 e. The molecule has 2 aromatic carbocycles. The van der Waals surface area contributed by atoms with E-state index in [1.807, 2.05) is 74.6 Å². The minimum absolute atomic E-state index is 0.0986. The van der Waals surface area contributed by atoms with Crippen molar-refractivity contribution < 1.29 is 9.59 Å². The van der Waals surface area contributed by atoms with Crippen LogP contribution in [-0.2, 0) is 16.1 Å². The maximum Gasteiger partial charge on any atom is 0.250 e. The van der Waals surface area contributed by atoms with Crippen LogP contribution in [0.1, 0.15) is 56.4 Å². The Bertz CT molecular complexity index is 1380. The van der Waals surface area contributed by atoms with Crippen LogP contribution in [0, 0.1) is 12.3 Å². The number of carbonyl (C=O) groups excluding carboxylic acids is 2. The van der Waals surface area contributed by atoms with Gasteiger partial charge in [0.1, 0.15) is 5.69 Å². The average molecular weight is 482 g/mol. The summed E-state index contributed by atoms with van der Waals surface area (Å²) in [6, 6.07) is 17.8. The standard InChI is InChI=1S/C29H31N5O2/c1-18-10-12-22(13-11-18)34-17-21(32-33-34)16-30-28(36)25-19(2)31-23-14-29(3,4)15-24(35)27(23)26(25)20-8-6-5-7-9-20/h5-13,17,26,31H,14-16H2,1-4H3,(H,30,36). The van der Waals surface area contributed by atoms with E-state index in [4.69, 9.17) is 0 Å². The third kappa shape index (κ3) is 4.61. The quantitative estimate of drug-likeness (QED) is 0.560. The fourth-order valence-electron chi connectivity index (χ4n) is 5.19. The third-order valence-corrected chi connectivity index (χ3v) is 6.89. The first-order chi connectivity index (χ1) is 17.2. The molecule has 1 atom stereocenters. The molecule has 184 valence electrons. The fraction of sp³-hybridized carbons (Fsp3) is 0.310. The summed E-state index contributed by atoms with van der Waals surface area (Å²) in [6.45, 7) is 8.40. The zero-order valence-corrected chi connectivity index (χ0v) is 21.1. The summed E-state index contributed by atoms with van der Waals surface area (Å²) in [5.41, 5.74) is 6.53. The number of ketones is 1. The maximum atomic E-state index is 13.6. The molecule has 2 N–H and O–H groups in total. The molecule has 36 heavy (non-hydrogen) atoms. The molecule has 3 aromatic rings. The van der Waals surface area contributed by atoms with Crippen LogP contribution in [0.5, 0.6) is 0 Å². The van der Waals surface area contributed by atoms with Gasteiger partial charge in [-0.3, -0.25) is 9.59 Å². The minimum atomic E-state index is -0.408. The van der Waals surface area contributed by atoms with E-state index in [-0.39, 0.29) is 23.7 Å². The SMILES string of the molecule is CC1=C(C(=O)NCc2cn(-c3ccc(C)cc3)nn2)C(c2ccccc2)C2=C(CC(C)(C)CC2=O)N1.